The summed E-state index contributed by atoms with van der Waals surface area (Å²) in [5.41, 5.74) is 2.98. The van der Waals surface area contributed by atoms with Crippen LogP contribution < -0.4 is 10.1 Å². The van der Waals surface area contributed by atoms with Gasteiger partial charge in [-0.25, -0.2) is 9.78 Å². The van der Waals surface area contributed by atoms with Crippen LogP contribution in [0, 0.1) is 6.92 Å². The minimum absolute atomic E-state index is 0.0480. The van der Waals surface area contributed by atoms with E-state index in [0.717, 1.165) is 18.4 Å². The first kappa shape index (κ1) is 27.4. The first-order valence-electron chi connectivity index (χ1n) is 12.3. The minimum atomic E-state index is -0.715. The molecule has 0 aliphatic rings. The Bertz CT molecular complexity index is 1010. The number of rotatable bonds is 11. The molecule has 0 aliphatic carbocycles. The summed E-state index contributed by atoms with van der Waals surface area (Å²) < 4.78 is 11.3. The zero-order chi connectivity index (χ0) is 25.7. The molecule has 0 saturated heterocycles. The summed E-state index contributed by atoms with van der Waals surface area (Å²) in [7, 11) is 0. The average Bonchev–Trinajstić information content (AvgIpc) is 3.17. The van der Waals surface area contributed by atoms with Crippen molar-refractivity contribution in [2.24, 2.45) is 0 Å². The van der Waals surface area contributed by atoms with Crippen LogP contribution in [0.2, 0.25) is 0 Å². The molecule has 7 heteroatoms. The smallest absolute Gasteiger partial charge is 0.356 e. The van der Waals surface area contributed by atoms with Crippen LogP contribution in [-0.4, -0.2) is 34.6 Å². The Morgan fingerprint density at radius 1 is 1.06 bits per heavy atom. The molecule has 0 spiro atoms. The number of imidazole rings is 1. The number of benzene rings is 1. The number of esters is 1. The van der Waals surface area contributed by atoms with Crippen molar-refractivity contribution in [2.75, 3.05) is 11.9 Å². The largest absolute Gasteiger partial charge is 0.480 e. The van der Waals surface area contributed by atoms with Crippen LogP contribution in [0.25, 0.3) is 0 Å². The molecule has 1 unspecified atom stereocenters. The van der Waals surface area contributed by atoms with Gasteiger partial charge in [0.1, 0.15) is 11.4 Å². The van der Waals surface area contributed by atoms with Crippen molar-refractivity contribution < 1.29 is 19.1 Å². The second-order valence-electron chi connectivity index (χ2n) is 9.96. The average molecular weight is 472 g/mol. The Hall–Kier alpha value is -2.83. The van der Waals surface area contributed by atoms with Gasteiger partial charge in [0.25, 0.3) is 5.91 Å². The second-order valence-corrected chi connectivity index (χ2v) is 9.96. The number of aryl methyl sites for hydroxylation is 1. The molecule has 2 aromatic rings. The van der Waals surface area contributed by atoms with Crippen LogP contribution >= 0.6 is 0 Å². The van der Waals surface area contributed by atoms with Crippen LogP contribution in [-0.2, 0) is 20.4 Å². The monoisotopic (exact) mass is 471 g/mol. The molecular formula is C27H41N3O4. The fourth-order valence-electron chi connectivity index (χ4n) is 3.57. The maximum atomic E-state index is 13.1. The summed E-state index contributed by atoms with van der Waals surface area (Å²) in [6.07, 6.45) is 1.72. The Kier molecular flexibility index (Phi) is 8.92. The van der Waals surface area contributed by atoms with Gasteiger partial charge in [0.15, 0.2) is 6.10 Å². The summed E-state index contributed by atoms with van der Waals surface area (Å²) in [4.78, 5) is 32.2. The number of nitrogens with zero attached hydrogens (tertiary/aromatic N) is 1. The molecule has 1 atom stereocenters. The number of aromatic amines is 1. The topological polar surface area (TPSA) is 93.3 Å². The highest BCUT2D eigenvalue weighted by Crippen LogP contribution is 2.39. The number of amides is 1. The van der Waals surface area contributed by atoms with E-state index in [-0.39, 0.29) is 35.0 Å². The van der Waals surface area contributed by atoms with Crippen molar-refractivity contribution in [3.05, 3.63) is 40.7 Å². The summed E-state index contributed by atoms with van der Waals surface area (Å²) in [6, 6.07) is 6.32. The lowest BCUT2D eigenvalue weighted by Gasteiger charge is -2.31. The second kappa shape index (κ2) is 11.1. The molecule has 2 N–H and O–H groups in total. The number of aromatic nitrogens is 2. The first-order chi connectivity index (χ1) is 15.9. The van der Waals surface area contributed by atoms with E-state index in [1.165, 1.54) is 5.56 Å². The molecule has 1 amide bonds. The van der Waals surface area contributed by atoms with Crippen molar-refractivity contribution in [3.8, 4) is 5.75 Å². The molecule has 1 heterocycles. The highest BCUT2D eigenvalue weighted by molar-refractivity contribution is 5.94. The summed E-state index contributed by atoms with van der Waals surface area (Å²) >= 11 is 0. The zero-order valence-corrected chi connectivity index (χ0v) is 22.2. The lowest BCUT2D eigenvalue weighted by atomic mass is 9.76. The summed E-state index contributed by atoms with van der Waals surface area (Å²) in [6.45, 7) is 18.8. The molecule has 188 valence electrons. The number of ether oxygens (including phenoxy) is 2. The maximum Gasteiger partial charge on any atom is 0.356 e. The minimum Gasteiger partial charge on any atom is -0.480 e. The maximum absolute atomic E-state index is 13.1. The van der Waals surface area contributed by atoms with Crippen molar-refractivity contribution >= 4 is 17.8 Å². The normalized spacial score (nSPS) is 12.9. The van der Waals surface area contributed by atoms with Gasteiger partial charge in [0.05, 0.1) is 12.3 Å². The van der Waals surface area contributed by atoms with E-state index >= 15 is 0 Å². The predicted molar refractivity (Wildman–Crippen MR) is 136 cm³/mol. The third-order valence-electron chi connectivity index (χ3n) is 6.80. The molecule has 0 saturated carbocycles. The first-order valence-corrected chi connectivity index (χ1v) is 12.3. The molecule has 1 aromatic carbocycles. The molecule has 0 bridgehead atoms. The van der Waals surface area contributed by atoms with Gasteiger partial charge in [-0.15, -0.1) is 0 Å². The van der Waals surface area contributed by atoms with Gasteiger partial charge in [-0.1, -0.05) is 60.6 Å². The molecule has 1 aromatic heterocycles. The number of hydrogen-bond acceptors (Lipinski definition) is 5. The third kappa shape index (κ3) is 6.19. The van der Waals surface area contributed by atoms with Crippen molar-refractivity contribution in [1.29, 1.82) is 0 Å². The van der Waals surface area contributed by atoms with Gasteiger partial charge in [0.2, 0.25) is 5.95 Å². The van der Waals surface area contributed by atoms with E-state index in [9.17, 15) is 9.59 Å². The highest BCUT2D eigenvalue weighted by atomic mass is 16.5. The molecular weight excluding hydrogens is 430 g/mol. The van der Waals surface area contributed by atoms with Crippen LogP contribution in [0.15, 0.2) is 18.2 Å². The van der Waals surface area contributed by atoms with Gasteiger partial charge in [-0.3, -0.25) is 10.1 Å². The fourth-order valence-corrected chi connectivity index (χ4v) is 3.57. The van der Waals surface area contributed by atoms with Crippen molar-refractivity contribution in [2.45, 2.75) is 98.5 Å². The lowest BCUT2D eigenvalue weighted by Crippen LogP contribution is -2.33. The van der Waals surface area contributed by atoms with E-state index in [1.54, 1.807) is 13.8 Å². The highest BCUT2D eigenvalue weighted by Gasteiger charge is 2.29. The van der Waals surface area contributed by atoms with Crippen molar-refractivity contribution in [1.82, 2.24) is 9.97 Å². The van der Waals surface area contributed by atoms with Gasteiger partial charge >= 0.3 is 5.97 Å². The number of nitrogens with one attached hydrogen (secondary N) is 2. The Morgan fingerprint density at radius 2 is 1.71 bits per heavy atom. The van der Waals surface area contributed by atoms with Crippen LogP contribution in [0.5, 0.6) is 5.75 Å². The van der Waals surface area contributed by atoms with Crippen LogP contribution in [0.1, 0.15) is 102 Å². The van der Waals surface area contributed by atoms with Gasteiger partial charge in [-0.2, -0.15) is 0 Å². The standard InChI is InChI=1S/C27H41N3O4/c1-10-20(23(31)30-25-28-17(5)22(29-25)24(32)33-13-4)34-21-15-14-18(26(6,7)11-2)16-19(21)27(8,9)12-3/h14-16,20H,10-13H2,1-9H3,(H2,28,29,30,31). The number of H-pyrrole nitrogens is 1. The van der Waals surface area contributed by atoms with Crippen LogP contribution in [0.4, 0.5) is 5.95 Å². The number of anilines is 1. The fraction of sp³-hybridized carbons (Fsp3) is 0.593. The van der Waals surface area contributed by atoms with Gasteiger partial charge in [0, 0.05) is 5.56 Å². The summed E-state index contributed by atoms with van der Waals surface area (Å²) in [5.74, 6) is 0.0804. The van der Waals surface area contributed by atoms with Crippen molar-refractivity contribution in [3.63, 3.8) is 0 Å². The summed E-state index contributed by atoms with van der Waals surface area (Å²) in [5, 5.41) is 2.75. The molecule has 0 radical (unpaired) electrons. The zero-order valence-electron chi connectivity index (χ0n) is 22.2. The van der Waals surface area contributed by atoms with Gasteiger partial charge in [-0.05, 0) is 55.6 Å². The predicted octanol–water partition coefficient (Wildman–Crippen LogP) is 6.07. The lowest BCUT2D eigenvalue weighted by molar-refractivity contribution is -0.122. The Labute approximate surface area is 204 Å². The third-order valence-corrected chi connectivity index (χ3v) is 6.80. The number of carbonyl (C=O) groups excluding carboxylic acids is 2. The SMILES string of the molecule is CCOC(=O)c1[nH]c(NC(=O)C(CC)Oc2ccc(C(C)(C)CC)cc2C(C)(C)CC)nc1C. The van der Waals surface area contributed by atoms with E-state index < -0.39 is 12.1 Å². The number of carbonyl (C=O) groups is 2. The molecule has 2 rings (SSSR count). The van der Waals surface area contributed by atoms with Gasteiger partial charge < -0.3 is 14.5 Å². The molecule has 34 heavy (non-hydrogen) atoms. The van der Waals surface area contributed by atoms with Crippen LogP contribution in [0.3, 0.4) is 0 Å². The molecule has 0 fully saturated rings. The van der Waals surface area contributed by atoms with E-state index in [4.69, 9.17) is 9.47 Å². The van der Waals surface area contributed by atoms with E-state index in [2.05, 4.69) is 69.0 Å². The Morgan fingerprint density at radius 3 is 2.26 bits per heavy atom. The molecule has 0 aliphatic heterocycles. The van der Waals surface area contributed by atoms with E-state index in [0.29, 0.717) is 17.9 Å². The Balaban J connectivity index is 2.31. The molecule has 7 nitrogen and oxygen atoms in total. The van der Waals surface area contributed by atoms with E-state index in [1.807, 2.05) is 13.0 Å². The quantitative estimate of drug-likeness (QED) is 0.388. The number of hydrogen-bond donors (Lipinski definition) is 2.